The Morgan fingerprint density at radius 2 is 2.21 bits per heavy atom. The minimum Gasteiger partial charge on any atom is -0.465 e. The molecule has 0 spiro atoms. The second-order valence-corrected chi connectivity index (χ2v) is 6.65. The smallest absolute Gasteiger partial charge is 0.413 e. The molecule has 10 heteroatoms. The normalized spacial score (nSPS) is 15.8. The van der Waals surface area contributed by atoms with Gasteiger partial charge in [-0.25, -0.2) is 9.78 Å². The summed E-state index contributed by atoms with van der Waals surface area (Å²) in [7, 11) is 0. The Labute approximate surface area is 152 Å². The van der Waals surface area contributed by atoms with Gasteiger partial charge in [0, 0.05) is 32.2 Å². The van der Waals surface area contributed by atoms with Crippen molar-refractivity contribution in [2.24, 2.45) is 0 Å². The Morgan fingerprint density at radius 1 is 1.46 bits per heavy atom. The molecule has 0 unspecified atom stereocenters. The van der Waals surface area contributed by atoms with Crippen molar-refractivity contribution in [3.63, 3.8) is 0 Å². The van der Waals surface area contributed by atoms with Crippen LogP contribution in [0.4, 0.5) is 10.6 Å². The molecule has 2 aromatic heterocycles. The largest absolute Gasteiger partial charge is 0.465 e. The molecule has 3 rings (SSSR count). The Morgan fingerprint density at radius 3 is 2.92 bits per heavy atom. The second kappa shape index (κ2) is 7.64. The molecule has 8 nitrogen and oxygen atoms in total. The van der Waals surface area contributed by atoms with Crippen molar-refractivity contribution in [3.8, 4) is 0 Å². The summed E-state index contributed by atoms with van der Waals surface area (Å²) in [5.74, 6) is 0.380. The number of hydrogen-bond acceptors (Lipinski definition) is 5. The summed E-state index contributed by atoms with van der Waals surface area (Å²) in [4.78, 5) is 19.4. The van der Waals surface area contributed by atoms with E-state index in [0.717, 1.165) is 32.8 Å². The standard InChI is InChI=1S/C14H17BrClN5O3/c15-10-9-17-21-12(8-11(16)18-13(10)21)20(14(22)23)3-1-2-19-4-6-24-7-5-19/h8-9H,1-7H2,(H,22,23). The van der Waals surface area contributed by atoms with Gasteiger partial charge in [-0.05, 0) is 22.4 Å². The lowest BCUT2D eigenvalue weighted by Crippen LogP contribution is -2.39. The maximum Gasteiger partial charge on any atom is 0.413 e. The highest BCUT2D eigenvalue weighted by Crippen LogP contribution is 2.25. The molecule has 1 aliphatic heterocycles. The van der Waals surface area contributed by atoms with Crippen LogP contribution in [-0.2, 0) is 4.74 Å². The van der Waals surface area contributed by atoms with Crippen molar-refractivity contribution in [2.45, 2.75) is 6.42 Å². The number of hydrogen-bond donors (Lipinski definition) is 1. The molecule has 0 saturated carbocycles. The van der Waals surface area contributed by atoms with Crippen LogP contribution in [0.15, 0.2) is 16.7 Å². The fourth-order valence-electron chi connectivity index (χ4n) is 2.67. The molecule has 1 amide bonds. The number of nitrogens with zero attached hydrogens (tertiary/aromatic N) is 5. The third-order valence-corrected chi connectivity index (χ3v) is 4.60. The zero-order valence-corrected chi connectivity index (χ0v) is 15.2. The van der Waals surface area contributed by atoms with Crippen molar-refractivity contribution < 1.29 is 14.6 Å². The van der Waals surface area contributed by atoms with Crippen LogP contribution in [0.25, 0.3) is 5.65 Å². The summed E-state index contributed by atoms with van der Waals surface area (Å²) in [6, 6.07) is 1.51. The monoisotopic (exact) mass is 417 g/mol. The lowest BCUT2D eigenvalue weighted by molar-refractivity contribution is 0.0376. The van der Waals surface area contributed by atoms with E-state index in [0.29, 0.717) is 28.9 Å². The van der Waals surface area contributed by atoms with Crippen LogP contribution in [-0.4, -0.2) is 70.1 Å². The Hall–Kier alpha value is -1.42. The van der Waals surface area contributed by atoms with E-state index in [1.54, 1.807) is 6.20 Å². The van der Waals surface area contributed by atoms with E-state index < -0.39 is 6.09 Å². The van der Waals surface area contributed by atoms with Gasteiger partial charge in [0.1, 0.15) is 11.0 Å². The van der Waals surface area contributed by atoms with Gasteiger partial charge in [0.15, 0.2) is 5.65 Å². The topological polar surface area (TPSA) is 83.2 Å². The van der Waals surface area contributed by atoms with Gasteiger partial charge in [-0.15, -0.1) is 0 Å². The van der Waals surface area contributed by atoms with Crippen LogP contribution in [0.2, 0.25) is 5.15 Å². The number of ether oxygens (including phenoxy) is 1. The van der Waals surface area contributed by atoms with Crippen molar-refractivity contribution in [2.75, 3.05) is 44.3 Å². The highest BCUT2D eigenvalue weighted by atomic mass is 79.9. The average molecular weight is 419 g/mol. The maximum atomic E-state index is 11.7. The second-order valence-electron chi connectivity index (χ2n) is 5.41. The van der Waals surface area contributed by atoms with Crippen molar-refractivity contribution in [1.29, 1.82) is 0 Å². The molecule has 2 aromatic rings. The SMILES string of the molecule is O=C(O)N(CCCN1CCOCC1)c1cc(Cl)nc2c(Br)cnn12. The fourth-order valence-corrected chi connectivity index (χ4v) is 3.20. The molecular weight excluding hydrogens is 402 g/mol. The van der Waals surface area contributed by atoms with Crippen LogP contribution in [0.5, 0.6) is 0 Å². The highest BCUT2D eigenvalue weighted by molar-refractivity contribution is 9.10. The number of carbonyl (C=O) groups is 1. The van der Waals surface area contributed by atoms with Crippen molar-refractivity contribution >= 4 is 45.1 Å². The van der Waals surface area contributed by atoms with E-state index >= 15 is 0 Å². The quantitative estimate of drug-likeness (QED) is 0.751. The molecule has 130 valence electrons. The molecule has 1 N–H and O–H groups in total. The Balaban J connectivity index is 1.77. The van der Waals surface area contributed by atoms with Crippen LogP contribution >= 0.6 is 27.5 Å². The predicted molar refractivity (Wildman–Crippen MR) is 92.9 cm³/mol. The number of morpholine rings is 1. The Kier molecular flexibility index (Phi) is 5.54. The van der Waals surface area contributed by atoms with Crippen LogP contribution in [0, 0.1) is 0 Å². The first kappa shape index (κ1) is 17.4. The van der Waals surface area contributed by atoms with Gasteiger partial charge in [-0.2, -0.15) is 9.61 Å². The number of anilines is 1. The average Bonchev–Trinajstić information content (AvgIpc) is 2.93. The van der Waals surface area contributed by atoms with Crippen LogP contribution in [0.1, 0.15) is 6.42 Å². The van der Waals surface area contributed by atoms with Gasteiger partial charge in [-0.1, -0.05) is 11.6 Å². The predicted octanol–water partition coefficient (Wildman–Crippen LogP) is 2.35. The van der Waals surface area contributed by atoms with Crippen molar-refractivity contribution in [1.82, 2.24) is 19.5 Å². The summed E-state index contributed by atoms with van der Waals surface area (Å²) in [6.07, 6.45) is 1.22. The molecule has 24 heavy (non-hydrogen) atoms. The molecule has 1 saturated heterocycles. The molecule has 3 heterocycles. The summed E-state index contributed by atoms with van der Waals surface area (Å²) >= 11 is 9.38. The molecule has 0 aromatic carbocycles. The Bertz CT molecular complexity index is 735. The minimum atomic E-state index is -1.05. The fraction of sp³-hybridized carbons (Fsp3) is 0.500. The third-order valence-electron chi connectivity index (χ3n) is 3.85. The van der Waals surface area contributed by atoms with Crippen LogP contribution in [0.3, 0.4) is 0 Å². The zero-order valence-electron chi connectivity index (χ0n) is 12.9. The highest BCUT2D eigenvalue weighted by Gasteiger charge is 2.21. The van der Waals surface area contributed by atoms with Crippen LogP contribution < -0.4 is 4.90 Å². The van der Waals surface area contributed by atoms with E-state index in [2.05, 4.69) is 30.9 Å². The molecule has 1 fully saturated rings. The van der Waals surface area contributed by atoms with Gasteiger partial charge < -0.3 is 9.84 Å². The maximum absolute atomic E-state index is 11.7. The number of fused-ring (bicyclic) bond motifs is 1. The molecular formula is C14H17BrClN5O3. The lowest BCUT2D eigenvalue weighted by atomic mass is 10.3. The third kappa shape index (κ3) is 3.80. The molecule has 0 aliphatic carbocycles. The van der Waals surface area contributed by atoms with E-state index in [1.165, 1.54) is 15.5 Å². The molecule has 1 aliphatic rings. The summed E-state index contributed by atoms with van der Waals surface area (Å²) < 4.78 is 7.44. The van der Waals surface area contributed by atoms with E-state index in [9.17, 15) is 9.90 Å². The van der Waals surface area contributed by atoms with E-state index in [4.69, 9.17) is 16.3 Å². The van der Waals surface area contributed by atoms with Gasteiger partial charge in [0.25, 0.3) is 0 Å². The van der Waals surface area contributed by atoms with Gasteiger partial charge in [0.05, 0.1) is 23.9 Å². The minimum absolute atomic E-state index is 0.220. The molecule has 0 atom stereocenters. The summed E-state index contributed by atoms with van der Waals surface area (Å²) in [5, 5.41) is 14.0. The van der Waals surface area contributed by atoms with Gasteiger partial charge in [-0.3, -0.25) is 9.80 Å². The van der Waals surface area contributed by atoms with E-state index in [-0.39, 0.29) is 5.15 Å². The van der Waals surface area contributed by atoms with Gasteiger partial charge >= 0.3 is 6.09 Å². The first-order chi connectivity index (χ1) is 11.6. The molecule has 0 radical (unpaired) electrons. The summed E-state index contributed by atoms with van der Waals surface area (Å²) in [5.41, 5.74) is 0.483. The number of rotatable bonds is 5. The lowest BCUT2D eigenvalue weighted by Gasteiger charge is -2.27. The first-order valence-corrected chi connectivity index (χ1v) is 8.73. The number of halogens is 2. The first-order valence-electron chi connectivity index (χ1n) is 7.56. The van der Waals surface area contributed by atoms with E-state index in [1.807, 2.05) is 0 Å². The number of aromatic nitrogens is 3. The zero-order chi connectivity index (χ0) is 17.1. The van der Waals surface area contributed by atoms with Crippen molar-refractivity contribution in [3.05, 3.63) is 21.9 Å². The number of carboxylic acid groups (broad SMARTS) is 1. The summed E-state index contributed by atoms with van der Waals surface area (Å²) in [6.45, 7) is 4.38. The van der Waals surface area contributed by atoms with Gasteiger partial charge in [0.2, 0.25) is 0 Å². The molecule has 0 bridgehead atoms. The number of amides is 1.